The number of hydrogen-bond acceptors (Lipinski definition) is 7. The Morgan fingerprint density at radius 1 is 1.21 bits per heavy atom. The molecular formula is C23H31N3O7. The summed E-state index contributed by atoms with van der Waals surface area (Å²) in [4.78, 5) is 47.4. The van der Waals surface area contributed by atoms with Gasteiger partial charge < -0.3 is 19.2 Å². The highest BCUT2D eigenvalue weighted by Crippen LogP contribution is 2.24. The third-order valence-electron chi connectivity index (χ3n) is 5.09. The Morgan fingerprint density at radius 2 is 1.97 bits per heavy atom. The molecule has 10 heteroatoms. The maximum absolute atomic E-state index is 12.3. The SMILES string of the molecule is CC(C)(C)OC(=O)NCCCOCCCc1ccc2c(c1)oc(=O)n2C1CCC(=O)NC1=O. The quantitative estimate of drug-likeness (QED) is 0.433. The molecule has 10 nitrogen and oxygen atoms in total. The molecule has 1 fully saturated rings. The van der Waals surface area contributed by atoms with Gasteiger partial charge in [0, 0.05) is 26.2 Å². The van der Waals surface area contributed by atoms with Gasteiger partial charge in [0.25, 0.3) is 0 Å². The highest BCUT2D eigenvalue weighted by molar-refractivity contribution is 6.00. The number of amides is 3. The van der Waals surface area contributed by atoms with Gasteiger partial charge in [-0.2, -0.15) is 0 Å². The molecule has 33 heavy (non-hydrogen) atoms. The maximum Gasteiger partial charge on any atom is 0.420 e. The normalized spacial score (nSPS) is 16.6. The number of carbonyl (C=O) groups excluding carboxylic acids is 3. The molecule has 1 unspecified atom stereocenters. The van der Waals surface area contributed by atoms with Crippen molar-refractivity contribution in [1.29, 1.82) is 0 Å². The minimum Gasteiger partial charge on any atom is -0.444 e. The minimum atomic E-state index is -0.750. The Balaban J connectivity index is 1.42. The lowest BCUT2D eigenvalue weighted by Gasteiger charge is -2.21. The van der Waals surface area contributed by atoms with E-state index in [0.717, 1.165) is 18.4 Å². The van der Waals surface area contributed by atoms with Crippen molar-refractivity contribution in [2.45, 2.75) is 64.5 Å². The van der Waals surface area contributed by atoms with E-state index >= 15 is 0 Å². The first-order chi connectivity index (χ1) is 15.6. The Bertz CT molecular complexity index is 1060. The largest absolute Gasteiger partial charge is 0.444 e. The number of aromatic nitrogens is 1. The smallest absolute Gasteiger partial charge is 0.420 e. The summed E-state index contributed by atoms with van der Waals surface area (Å²) in [6.45, 7) is 7.01. The molecule has 1 saturated heterocycles. The molecule has 2 N–H and O–H groups in total. The van der Waals surface area contributed by atoms with Gasteiger partial charge in [-0.1, -0.05) is 6.07 Å². The van der Waals surface area contributed by atoms with Crippen LogP contribution < -0.4 is 16.4 Å². The summed E-state index contributed by atoms with van der Waals surface area (Å²) < 4.78 is 17.4. The summed E-state index contributed by atoms with van der Waals surface area (Å²) in [6.07, 6.45) is 2.22. The Kier molecular flexibility index (Phi) is 7.91. The molecule has 0 aliphatic carbocycles. The van der Waals surface area contributed by atoms with Gasteiger partial charge in [0.1, 0.15) is 11.6 Å². The molecule has 2 aromatic rings. The van der Waals surface area contributed by atoms with E-state index in [2.05, 4.69) is 10.6 Å². The molecule has 3 amide bonds. The van der Waals surface area contributed by atoms with Gasteiger partial charge in [0.2, 0.25) is 11.8 Å². The molecule has 3 rings (SSSR count). The average Bonchev–Trinajstić information content (AvgIpc) is 3.03. The molecule has 1 aliphatic heterocycles. The van der Waals surface area contributed by atoms with Crippen molar-refractivity contribution in [2.75, 3.05) is 19.8 Å². The van der Waals surface area contributed by atoms with Crippen molar-refractivity contribution in [1.82, 2.24) is 15.2 Å². The number of fused-ring (bicyclic) bond motifs is 1. The fraction of sp³-hybridized carbons (Fsp3) is 0.565. The number of hydrogen-bond donors (Lipinski definition) is 2. The molecule has 1 atom stereocenters. The predicted molar refractivity (Wildman–Crippen MR) is 120 cm³/mol. The molecule has 0 saturated carbocycles. The highest BCUT2D eigenvalue weighted by atomic mass is 16.6. The van der Waals surface area contributed by atoms with E-state index in [1.165, 1.54) is 4.57 Å². The van der Waals surface area contributed by atoms with Crippen LogP contribution >= 0.6 is 0 Å². The molecule has 1 aromatic carbocycles. The van der Waals surface area contributed by atoms with E-state index in [1.807, 2.05) is 26.8 Å². The first-order valence-corrected chi connectivity index (χ1v) is 11.2. The van der Waals surface area contributed by atoms with Crippen molar-refractivity contribution in [2.24, 2.45) is 0 Å². The Labute approximate surface area is 191 Å². The monoisotopic (exact) mass is 461 g/mol. The van der Waals surface area contributed by atoms with E-state index in [9.17, 15) is 19.2 Å². The summed E-state index contributed by atoms with van der Waals surface area (Å²) in [5.74, 6) is -1.43. The van der Waals surface area contributed by atoms with E-state index in [0.29, 0.717) is 37.3 Å². The van der Waals surface area contributed by atoms with Gasteiger partial charge in [-0.3, -0.25) is 19.5 Å². The summed E-state index contributed by atoms with van der Waals surface area (Å²) in [5.41, 5.74) is 1.42. The van der Waals surface area contributed by atoms with Gasteiger partial charge in [-0.15, -0.1) is 0 Å². The second-order valence-corrected chi connectivity index (χ2v) is 9.01. The molecule has 2 heterocycles. The molecule has 0 spiro atoms. The molecular weight excluding hydrogens is 430 g/mol. The van der Waals surface area contributed by atoms with Crippen LogP contribution in [0.3, 0.4) is 0 Å². The topological polar surface area (TPSA) is 129 Å². The third-order valence-corrected chi connectivity index (χ3v) is 5.09. The van der Waals surface area contributed by atoms with Gasteiger partial charge in [0.15, 0.2) is 5.58 Å². The Hall–Kier alpha value is -3.14. The molecule has 0 bridgehead atoms. The van der Waals surface area contributed by atoms with E-state index in [4.69, 9.17) is 13.9 Å². The van der Waals surface area contributed by atoms with Crippen molar-refractivity contribution in [3.8, 4) is 0 Å². The van der Waals surface area contributed by atoms with Crippen LogP contribution in [-0.2, 0) is 25.5 Å². The van der Waals surface area contributed by atoms with Crippen LogP contribution in [0.15, 0.2) is 27.4 Å². The number of alkyl carbamates (subject to hydrolysis) is 1. The van der Waals surface area contributed by atoms with Crippen molar-refractivity contribution < 1.29 is 28.3 Å². The third kappa shape index (κ3) is 6.92. The lowest BCUT2D eigenvalue weighted by Crippen LogP contribution is -2.43. The number of imide groups is 1. The predicted octanol–water partition coefficient (Wildman–Crippen LogP) is 2.44. The van der Waals surface area contributed by atoms with Crippen LogP contribution in [0.1, 0.15) is 58.1 Å². The van der Waals surface area contributed by atoms with Crippen molar-refractivity contribution >= 4 is 29.0 Å². The van der Waals surface area contributed by atoms with Gasteiger partial charge in [0.05, 0.1) is 5.52 Å². The number of nitrogens with one attached hydrogen (secondary N) is 2. The number of benzene rings is 1. The number of carbonyl (C=O) groups is 3. The lowest BCUT2D eigenvalue weighted by molar-refractivity contribution is -0.135. The number of piperidine rings is 1. The van der Waals surface area contributed by atoms with Crippen LogP contribution in [-0.4, -0.2) is 47.8 Å². The van der Waals surface area contributed by atoms with Crippen LogP contribution in [0.25, 0.3) is 11.1 Å². The fourth-order valence-corrected chi connectivity index (χ4v) is 3.62. The molecule has 1 aliphatic rings. The zero-order chi connectivity index (χ0) is 24.0. The summed E-state index contributed by atoms with van der Waals surface area (Å²) in [6, 6.07) is 4.71. The number of aryl methyl sites for hydroxylation is 1. The zero-order valence-corrected chi connectivity index (χ0v) is 19.3. The minimum absolute atomic E-state index is 0.185. The van der Waals surface area contributed by atoms with Gasteiger partial charge in [-0.05, 0) is 64.2 Å². The lowest BCUT2D eigenvalue weighted by atomic mass is 10.1. The van der Waals surface area contributed by atoms with Crippen LogP contribution in [0.5, 0.6) is 0 Å². The number of oxazole rings is 1. The first-order valence-electron chi connectivity index (χ1n) is 11.2. The van der Waals surface area contributed by atoms with Crippen LogP contribution in [0, 0.1) is 0 Å². The molecule has 1 aromatic heterocycles. The van der Waals surface area contributed by atoms with Crippen LogP contribution in [0.2, 0.25) is 0 Å². The summed E-state index contributed by atoms with van der Waals surface area (Å²) in [7, 11) is 0. The summed E-state index contributed by atoms with van der Waals surface area (Å²) >= 11 is 0. The van der Waals surface area contributed by atoms with Crippen LogP contribution in [0.4, 0.5) is 4.79 Å². The van der Waals surface area contributed by atoms with E-state index in [-0.39, 0.29) is 18.7 Å². The van der Waals surface area contributed by atoms with E-state index in [1.54, 1.807) is 12.1 Å². The zero-order valence-electron chi connectivity index (χ0n) is 19.3. The standard InChI is InChI=1S/C23H31N3O7/c1-23(2,3)33-21(29)24-11-5-13-31-12-4-6-15-7-8-16-18(14-15)32-22(30)26(16)17-9-10-19(27)25-20(17)28/h7-8,14,17H,4-6,9-13H2,1-3H3,(H,24,29)(H,25,27,28). The second kappa shape index (κ2) is 10.7. The van der Waals surface area contributed by atoms with Crippen molar-refractivity contribution in [3.05, 3.63) is 34.3 Å². The maximum atomic E-state index is 12.3. The highest BCUT2D eigenvalue weighted by Gasteiger charge is 2.31. The number of nitrogens with zero attached hydrogens (tertiary/aromatic N) is 1. The number of ether oxygens (including phenoxy) is 2. The second-order valence-electron chi connectivity index (χ2n) is 9.01. The van der Waals surface area contributed by atoms with Gasteiger partial charge >= 0.3 is 11.8 Å². The number of rotatable bonds is 9. The van der Waals surface area contributed by atoms with Crippen molar-refractivity contribution in [3.63, 3.8) is 0 Å². The average molecular weight is 462 g/mol. The Morgan fingerprint density at radius 3 is 2.70 bits per heavy atom. The summed E-state index contributed by atoms with van der Waals surface area (Å²) in [5, 5.41) is 4.96. The molecule has 180 valence electrons. The van der Waals surface area contributed by atoms with Gasteiger partial charge in [-0.25, -0.2) is 9.59 Å². The molecule has 0 radical (unpaired) electrons. The first kappa shape index (κ1) is 24.5. The fourth-order valence-electron chi connectivity index (χ4n) is 3.62. The van der Waals surface area contributed by atoms with E-state index < -0.39 is 29.4 Å².